The second-order valence-corrected chi connectivity index (χ2v) is 8.52. The van der Waals surface area contributed by atoms with Crippen molar-refractivity contribution in [2.75, 3.05) is 18.6 Å². The Labute approximate surface area is 185 Å². The first-order chi connectivity index (χ1) is 15.2. The molecule has 0 saturated carbocycles. The minimum absolute atomic E-state index is 0.250. The van der Waals surface area contributed by atoms with E-state index < -0.39 is 11.5 Å². The Morgan fingerprint density at radius 1 is 1.09 bits per heavy atom. The van der Waals surface area contributed by atoms with Gasteiger partial charge in [0.25, 0.3) is 5.91 Å². The predicted octanol–water partition coefficient (Wildman–Crippen LogP) is 4.43. The highest BCUT2D eigenvalue weighted by atomic mass is 16.6. The summed E-state index contributed by atoms with van der Waals surface area (Å²) >= 11 is 0. The number of pyridine rings is 1. The topological polar surface area (TPSA) is 104 Å². The van der Waals surface area contributed by atoms with Crippen molar-refractivity contribution in [1.82, 2.24) is 4.98 Å². The summed E-state index contributed by atoms with van der Waals surface area (Å²) in [6.45, 7) is 6.08. The van der Waals surface area contributed by atoms with Gasteiger partial charge in [0.2, 0.25) is 0 Å². The SMILES string of the molecule is COc1cc2nccc(Oc3ccc4c(c3)CCN4C(=O)OC(C)(C)C)c2cc1C(N)=O. The quantitative estimate of drug-likeness (QED) is 0.650. The van der Waals surface area contributed by atoms with E-state index in [9.17, 15) is 9.59 Å². The summed E-state index contributed by atoms with van der Waals surface area (Å²) in [6, 6.07) is 10.6. The maximum Gasteiger partial charge on any atom is 0.414 e. The van der Waals surface area contributed by atoms with Crippen LogP contribution in [-0.2, 0) is 11.2 Å². The summed E-state index contributed by atoms with van der Waals surface area (Å²) in [5, 5.41) is 0.637. The van der Waals surface area contributed by atoms with E-state index in [0.29, 0.717) is 41.1 Å². The molecule has 166 valence electrons. The summed E-state index contributed by atoms with van der Waals surface area (Å²) in [6.07, 6.45) is 1.96. The molecule has 2 aromatic carbocycles. The molecule has 8 nitrogen and oxygen atoms in total. The molecule has 0 fully saturated rings. The van der Waals surface area contributed by atoms with Gasteiger partial charge in [0, 0.05) is 24.2 Å². The van der Waals surface area contributed by atoms with E-state index in [1.165, 1.54) is 7.11 Å². The van der Waals surface area contributed by atoms with Gasteiger partial charge in [-0.3, -0.25) is 14.7 Å². The molecule has 0 radical (unpaired) electrons. The molecule has 0 saturated heterocycles. The number of anilines is 1. The zero-order valence-electron chi connectivity index (χ0n) is 18.5. The minimum Gasteiger partial charge on any atom is -0.496 e. The van der Waals surface area contributed by atoms with E-state index in [1.54, 1.807) is 35.4 Å². The lowest BCUT2D eigenvalue weighted by atomic mass is 10.1. The Bertz CT molecular complexity index is 1220. The zero-order valence-corrected chi connectivity index (χ0v) is 18.5. The first-order valence-electron chi connectivity index (χ1n) is 10.2. The fourth-order valence-electron chi connectivity index (χ4n) is 3.67. The molecule has 1 aromatic heterocycles. The van der Waals surface area contributed by atoms with Crippen molar-refractivity contribution in [3.8, 4) is 17.2 Å². The molecule has 8 heteroatoms. The van der Waals surface area contributed by atoms with Crippen LogP contribution in [0.4, 0.5) is 10.5 Å². The molecule has 4 rings (SSSR count). The Balaban J connectivity index is 1.64. The number of hydrogen-bond donors (Lipinski definition) is 1. The third-order valence-electron chi connectivity index (χ3n) is 5.08. The molecule has 2 N–H and O–H groups in total. The number of benzene rings is 2. The highest BCUT2D eigenvalue weighted by molar-refractivity contribution is 6.01. The number of aromatic nitrogens is 1. The van der Waals surface area contributed by atoms with Gasteiger partial charge >= 0.3 is 6.09 Å². The molecule has 0 unspecified atom stereocenters. The van der Waals surface area contributed by atoms with Crippen molar-refractivity contribution in [2.24, 2.45) is 5.73 Å². The Kier molecular flexibility index (Phi) is 5.38. The highest BCUT2D eigenvalue weighted by Gasteiger charge is 2.29. The van der Waals surface area contributed by atoms with Crippen molar-refractivity contribution in [2.45, 2.75) is 32.8 Å². The molecule has 3 aromatic rings. The summed E-state index contributed by atoms with van der Waals surface area (Å²) in [4.78, 5) is 30.3. The van der Waals surface area contributed by atoms with Crippen LogP contribution in [0.5, 0.6) is 17.2 Å². The Morgan fingerprint density at radius 2 is 1.88 bits per heavy atom. The van der Waals surface area contributed by atoms with E-state index in [4.69, 9.17) is 19.9 Å². The Hall–Kier alpha value is -3.81. The van der Waals surface area contributed by atoms with E-state index in [-0.39, 0.29) is 11.7 Å². The van der Waals surface area contributed by atoms with Crippen LogP contribution in [0.1, 0.15) is 36.7 Å². The van der Waals surface area contributed by atoms with Crippen LogP contribution in [0.2, 0.25) is 0 Å². The molecule has 0 spiro atoms. The molecular weight excluding hydrogens is 410 g/mol. The molecule has 0 aliphatic carbocycles. The van der Waals surface area contributed by atoms with E-state index >= 15 is 0 Å². The number of primary amides is 1. The fourth-order valence-corrected chi connectivity index (χ4v) is 3.67. The number of carbonyl (C=O) groups is 2. The van der Waals surface area contributed by atoms with Gasteiger partial charge in [-0.1, -0.05) is 0 Å². The van der Waals surface area contributed by atoms with Crippen LogP contribution in [0.25, 0.3) is 10.9 Å². The van der Waals surface area contributed by atoms with Crippen LogP contribution in [0.3, 0.4) is 0 Å². The molecule has 1 aliphatic rings. The number of hydrogen-bond acceptors (Lipinski definition) is 6. The van der Waals surface area contributed by atoms with Gasteiger partial charge in [0.1, 0.15) is 22.8 Å². The number of nitrogens with two attached hydrogens (primary N) is 1. The smallest absolute Gasteiger partial charge is 0.414 e. The maximum atomic E-state index is 12.5. The zero-order chi connectivity index (χ0) is 23.0. The average Bonchev–Trinajstić information content (AvgIpc) is 3.15. The third kappa shape index (κ3) is 4.16. The van der Waals surface area contributed by atoms with E-state index in [0.717, 1.165) is 11.3 Å². The fraction of sp³-hybridized carbons (Fsp3) is 0.292. The molecule has 0 bridgehead atoms. The highest BCUT2D eigenvalue weighted by Crippen LogP contribution is 2.36. The van der Waals surface area contributed by atoms with Gasteiger partial charge in [0.15, 0.2) is 0 Å². The number of fused-ring (bicyclic) bond motifs is 2. The lowest BCUT2D eigenvalue weighted by Gasteiger charge is -2.24. The standard InChI is InChI=1S/C24H25N3O5/c1-24(2,3)32-23(29)27-10-8-14-11-15(5-6-19(14)27)31-20-7-9-26-18-13-21(30-4)17(22(25)28)12-16(18)20/h5-7,9,11-13H,8,10H2,1-4H3,(H2,25,28). The summed E-state index contributed by atoms with van der Waals surface area (Å²) in [5.41, 5.74) is 7.61. The van der Waals surface area contributed by atoms with Crippen molar-refractivity contribution < 1.29 is 23.8 Å². The summed E-state index contributed by atoms with van der Waals surface area (Å²) in [7, 11) is 1.47. The lowest BCUT2D eigenvalue weighted by Crippen LogP contribution is -2.35. The second kappa shape index (κ2) is 8.03. The summed E-state index contributed by atoms with van der Waals surface area (Å²) < 4.78 is 16.9. The number of ether oxygens (including phenoxy) is 3. The maximum absolute atomic E-state index is 12.5. The van der Waals surface area contributed by atoms with Crippen molar-refractivity contribution in [3.63, 3.8) is 0 Å². The van der Waals surface area contributed by atoms with Crippen LogP contribution in [0.15, 0.2) is 42.6 Å². The number of nitrogens with zero attached hydrogens (tertiary/aromatic N) is 2. The van der Waals surface area contributed by atoms with Crippen LogP contribution in [-0.4, -0.2) is 36.2 Å². The van der Waals surface area contributed by atoms with Crippen LogP contribution in [0, 0.1) is 0 Å². The average molecular weight is 435 g/mol. The van der Waals surface area contributed by atoms with E-state index in [2.05, 4.69) is 4.98 Å². The van der Waals surface area contributed by atoms with E-state index in [1.807, 2.05) is 32.9 Å². The number of amides is 2. The first kappa shape index (κ1) is 21.4. The monoisotopic (exact) mass is 435 g/mol. The second-order valence-electron chi connectivity index (χ2n) is 8.52. The van der Waals surface area contributed by atoms with Crippen LogP contribution < -0.4 is 20.1 Å². The first-order valence-corrected chi connectivity index (χ1v) is 10.2. The normalized spacial score (nSPS) is 13.1. The van der Waals surface area contributed by atoms with Gasteiger partial charge in [-0.25, -0.2) is 4.79 Å². The molecule has 1 aliphatic heterocycles. The largest absolute Gasteiger partial charge is 0.496 e. The van der Waals surface area contributed by atoms with Gasteiger partial charge < -0.3 is 19.9 Å². The number of carbonyl (C=O) groups excluding carboxylic acids is 2. The van der Waals surface area contributed by atoms with Gasteiger partial charge in [-0.15, -0.1) is 0 Å². The minimum atomic E-state index is -0.599. The molecule has 32 heavy (non-hydrogen) atoms. The number of methoxy groups -OCH3 is 1. The van der Waals surface area contributed by atoms with Crippen LogP contribution >= 0.6 is 0 Å². The van der Waals surface area contributed by atoms with Gasteiger partial charge in [-0.05, 0) is 63.1 Å². The molecular formula is C24H25N3O5. The van der Waals surface area contributed by atoms with Crippen molar-refractivity contribution >= 4 is 28.6 Å². The van der Waals surface area contributed by atoms with Gasteiger partial charge in [0.05, 0.1) is 23.9 Å². The lowest BCUT2D eigenvalue weighted by molar-refractivity contribution is 0.0583. The predicted molar refractivity (Wildman–Crippen MR) is 121 cm³/mol. The van der Waals surface area contributed by atoms with Crippen molar-refractivity contribution in [3.05, 3.63) is 53.7 Å². The summed E-state index contributed by atoms with van der Waals surface area (Å²) in [5.74, 6) is 0.897. The Morgan fingerprint density at radius 3 is 2.56 bits per heavy atom. The molecule has 2 amide bonds. The molecule has 2 heterocycles. The number of rotatable bonds is 4. The van der Waals surface area contributed by atoms with Crippen molar-refractivity contribution in [1.29, 1.82) is 0 Å². The van der Waals surface area contributed by atoms with Gasteiger partial charge in [-0.2, -0.15) is 0 Å². The third-order valence-corrected chi connectivity index (χ3v) is 5.08. The molecule has 0 atom stereocenters.